The van der Waals surface area contributed by atoms with Crippen LogP contribution in [0.3, 0.4) is 0 Å². The fourth-order valence-corrected chi connectivity index (χ4v) is 4.62. The van der Waals surface area contributed by atoms with Gasteiger partial charge in [-0.05, 0) is 69.2 Å². The van der Waals surface area contributed by atoms with E-state index in [2.05, 4.69) is 0 Å². The maximum Gasteiger partial charge on any atom is 0.276 e. The lowest BCUT2D eigenvalue weighted by molar-refractivity contribution is 0.100. The number of hydrogen-bond acceptors (Lipinski definition) is 4. The van der Waals surface area contributed by atoms with Gasteiger partial charge in [0.05, 0.1) is 22.8 Å². The fraction of sp³-hybridized carbons (Fsp3) is 0.208. The van der Waals surface area contributed by atoms with Crippen LogP contribution in [0.15, 0.2) is 71.6 Å². The number of anilines is 1. The van der Waals surface area contributed by atoms with Gasteiger partial charge in [-0.2, -0.15) is 4.31 Å². The smallest absolute Gasteiger partial charge is 0.276 e. The second kappa shape index (κ2) is 8.71. The SMILES string of the molecule is CCOc1ccccc1C(=O)N(c1cccc(C)c1C)S(=O)(=O)c1ccc(C)cc1. The molecule has 0 aromatic heterocycles. The Labute approximate surface area is 178 Å². The molecular formula is C24H25NO4S. The van der Waals surface area contributed by atoms with E-state index in [0.717, 1.165) is 21.0 Å². The summed E-state index contributed by atoms with van der Waals surface area (Å²) < 4.78 is 33.8. The van der Waals surface area contributed by atoms with Crippen molar-refractivity contribution in [3.63, 3.8) is 0 Å². The number of nitrogens with zero attached hydrogens (tertiary/aromatic N) is 1. The van der Waals surface area contributed by atoms with Gasteiger partial charge in [0.15, 0.2) is 0 Å². The zero-order valence-electron chi connectivity index (χ0n) is 17.5. The first-order valence-corrected chi connectivity index (χ1v) is 11.2. The van der Waals surface area contributed by atoms with Crippen LogP contribution in [0.25, 0.3) is 0 Å². The van der Waals surface area contributed by atoms with Crippen LogP contribution in [0.2, 0.25) is 0 Å². The third kappa shape index (κ3) is 4.09. The Morgan fingerprint density at radius 1 is 0.900 bits per heavy atom. The highest BCUT2D eigenvalue weighted by molar-refractivity contribution is 7.93. The minimum atomic E-state index is -4.16. The number of carbonyl (C=O) groups excluding carboxylic acids is 1. The van der Waals surface area contributed by atoms with Gasteiger partial charge >= 0.3 is 0 Å². The van der Waals surface area contributed by atoms with Crippen LogP contribution in [-0.2, 0) is 10.0 Å². The molecule has 5 nitrogen and oxygen atoms in total. The summed E-state index contributed by atoms with van der Waals surface area (Å²) in [6, 6.07) is 18.4. The fourth-order valence-electron chi connectivity index (χ4n) is 3.15. The van der Waals surface area contributed by atoms with Crippen LogP contribution in [0, 0.1) is 20.8 Å². The van der Waals surface area contributed by atoms with Crippen molar-refractivity contribution in [2.75, 3.05) is 10.9 Å². The van der Waals surface area contributed by atoms with E-state index in [1.54, 1.807) is 48.5 Å². The average molecular weight is 424 g/mol. The van der Waals surface area contributed by atoms with E-state index in [0.29, 0.717) is 18.0 Å². The summed E-state index contributed by atoms with van der Waals surface area (Å²) in [5.74, 6) is -0.312. The molecule has 0 saturated heterocycles. The van der Waals surface area contributed by atoms with E-state index in [1.165, 1.54) is 12.1 Å². The zero-order chi connectivity index (χ0) is 21.9. The largest absolute Gasteiger partial charge is 0.493 e. The van der Waals surface area contributed by atoms with Crippen molar-refractivity contribution in [2.24, 2.45) is 0 Å². The molecule has 3 aromatic rings. The molecule has 0 atom stereocenters. The van der Waals surface area contributed by atoms with E-state index in [-0.39, 0.29) is 10.5 Å². The number of sulfonamides is 1. The molecule has 0 saturated carbocycles. The van der Waals surface area contributed by atoms with Crippen molar-refractivity contribution < 1.29 is 17.9 Å². The third-order valence-electron chi connectivity index (χ3n) is 4.96. The summed E-state index contributed by atoms with van der Waals surface area (Å²) in [4.78, 5) is 13.7. The molecule has 30 heavy (non-hydrogen) atoms. The molecule has 0 aliphatic carbocycles. The van der Waals surface area contributed by atoms with Gasteiger partial charge in [-0.1, -0.05) is 42.0 Å². The van der Waals surface area contributed by atoms with Gasteiger partial charge in [-0.15, -0.1) is 0 Å². The molecule has 156 valence electrons. The third-order valence-corrected chi connectivity index (χ3v) is 6.67. The summed E-state index contributed by atoms with van der Waals surface area (Å²) in [5, 5.41) is 0. The first-order chi connectivity index (χ1) is 14.3. The maximum absolute atomic E-state index is 13.7. The Bertz CT molecular complexity index is 1170. The van der Waals surface area contributed by atoms with E-state index in [1.807, 2.05) is 33.8 Å². The Hall–Kier alpha value is -3.12. The van der Waals surface area contributed by atoms with Crippen molar-refractivity contribution in [2.45, 2.75) is 32.6 Å². The lowest BCUT2D eigenvalue weighted by Crippen LogP contribution is -2.38. The van der Waals surface area contributed by atoms with Gasteiger partial charge < -0.3 is 4.74 Å². The van der Waals surface area contributed by atoms with Gasteiger partial charge in [0, 0.05) is 0 Å². The van der Waals surface area contributed by atoms with Crippen LogP contribution in [0.4, 0.5) is 5.69 Å². The van der Waals surface area contributed by atoms with Crippen LogP contribution < -0.4 is 9.04 Å². The second-order valence-electron chi connectivity index (χ2n) is 7.04. The number of carbonyl (C=O) groups is 1. The molecule has 0 aliphatic rings. The molecule has 0 heterocycles. The average Bonchev–Trinajstić information content (AvgIpc) is 2.72. The topological polar surface area (TPSA) is 63.7 Å². The van der Waals surface area contributed by atoms with Crippen molar-refractivity contribution in [1.29, 1.82) is 0 Å². The van der Waals surface area contributed by atoms with E-state index in [9.17, 15) is 13.2 Å². The standard InChI is InChI=1S/C24H25NO4S/c1-5-29-23-12-7-6-10-21(23)24(26)25(22-11-8-9-18(3)19(22)4)30(27,28)20-15-13-17(2)14-16-20/h6-16H,5H2,1-4H3. The van der Waals surface area contributed by atoms with Crippen LogP contribution in [-0.4, -0.2) is 20.9 Å². The summed E-state index contributed by atoms with van der Waals surface area (Å²) >= 11 is 0. The van der Waals surface area contributed by atoms with E-state index < -0.39 is 15.9 Å². The molecule has 1 amide bonds. The normalized spacial score (nSPS) is 11.2. The molecule has 6 heteroatoms. The monoisotopic (exact) mass is 423 g/mol. The van der Waals surface area contributed by atoms with Crippen molar-refractivity contribution in [1.82, 2.24) is 0 Å². The Kier molecular flexibility index (Phi) is 6.27. The first kappa shape index (κ1) is 21.6. The van der Waals surface area contributed by atoms with E-state index >= 15 is 0 Å². The summed E-state index contributed by atoms with van der Waals surface area (Å²) in [6.45, 7) is 7.74. The lowest BCUT2D eigenvalue weighted by Gasteiger charge is -2.25. The Balaban J connectivity index is 2.24. The highest BCUT2D eigenvalue weighted by Crippen LogP contribution is 2.32. The molecule has 0 aliphatic heterocycles. The molecule has 0 bridgehead atoms. The number of benzene rings is 3. The summed E-state index contributed by atoms with van der Waals surface area (Å²) in [5.41, 5.74) is 3.06. The molecule has 3 rings (SSSR count). The number of amides is 1. The van der Waals surface area contributed by atoms with Crippen molar-refractivity contribution in [3.8, 4) is 5.75 Å². The Morgan fingerprint density at radius 2 is 1.57 bits per heavy atom. The number of aryl methyl sites for hydroxylation is 2. The molecule has 0 unspecified atom stereocenters. The van der Waals surface area contributed by atoms with Gasteiger partial charge in [-0.25, -0.2) is 8.42 Å². The van der Waals surface area contributed by atoms with Crippen LogP contribution >= 0.6 is 0 Å². The summed E-state index contributed by atoms with van der Waals surface area (Å²) in [7, 11) is -4.16. The highest BCUT2D eigenvalue weighted by atomic mass is 32.2. The van der Waals surface area contributed by atoms with Crippen molar-refractivity contribution in [3.05, 3.63) is 89.0 Å². The molecule has 0 N–H and O–H groups in total. The van der Waals surface area contributed by atoms with Gasteiger partial charge in [-0.3, -0.25) is 4.79 Å². The number of rotatable bonds is 6. The minimum absolute atomic E-state index is 0.0521. The minimum Gasteiger partial charge on any atom is -0.493 e. The zero-order valence-corrected chi connectivity index (χ0v) is 18.4. The lowest BCUT2D eigenvalue weighted by atomic mass is 10.1. The maximum atomic E-state index is 13.7. The second-order valence-corrected chi connectivity index (χ2v) is 8.82. The molecular weight excluding hydrogens is 398 g/mol. The quantitative estimate of drug-likeness (QED) is 0.557. The summed E-state index contributed by atoms with van der Waals surface area (Å²) in [6.07, 6.45) is 0. The predicted molar refractivity (Wildman–Crippen MR) is 119 cm³/mol. The van der Waals surface area contributed by atoms with Gasteiger partial charge in [0.2, 0.25) is 0 Å². The molecule has 0 fully saturated rings. The van der Waals surface area contributed by atoms with Crippen LogP contribution in [0.5, 0.6) is 5.75 Å². The predicted octanol–water partition coefficient (Wildman–Crippen LogP) is 5.05. The van der Waals surface area contributed by atoms with Gasteiger partial charge in [0.25, 0.3) is 15.9 Å². The highest BCUT2D eigenvalue weighted by Gasteiger charge is 2.34. The Morgan fingerprint density at radius 3 is 2.23 bits per heavy atom. The number of para-hydroxylation sites is 1. The first-order valence-electron chi connectivity index (χ1n) is 9.71. The number of ether oxygens (including phenoxy) is 1. The van der Waals surface area contributed by atoms with Gasteiger partial charge in [0.1, 0.15) is 5.75 Å². The molecule has 0 spiro atoms. The number of hydrogen-bond donors (Lipinski definition) is 0. The molecule has 0 radical (unpaired) electrons. The molecule has 3 aromatic carbocycles. The van der Waals surface area contributed by atoms with E-state index in [4.69, 9.17) is 4.74 Å². The van der Waals surface area contributed by atoms with Crippen LogP contribution in [0.1, 0.15) is 34.0 Å². The van der Waals surface area contributed by atoms with Crippen molar-refractivity contribution >= 4 is 21.6 Å².